The summed E-state index contributed by atoms with van der Waals surface area (Å²) in [6.45, 7) is 0. The first-order chi connectivity index (χ1) is 27.5. The molecule has 3 nitrogen and oxygen atoms in total. The van der Waals surface area contributed by atoms with E-state index in [0.29, 0.717) is 49.6 Å². The largest absolute Gasteiger partial charge is 0.309 e. The van der Waals surface area contributed by atoms with Crippen LogP contribution >= 0.6 is 7.14 Å². The van der Waals surface area contributed by atoms with Crippen molar-refractivity contribution in [2.24, 2.45) is 0 Å². The van der Waals surface area contributed by atoms with Gasteiger partial charge in [-0.3, -0.25) is 0 Å². The molecule has 2 heterocycles. The fourth-order valence-corrected chi connectivity index (χ4v) is 10.7. The highest BCUT2D eigenvalue weighted by molar-refractivity contribution is 7.85. The van der Waals surface area contributed by atoms with Crippen LogP contribution in [0, 0.1) is 11.6 Å². The highest BCUT2D eigenvalue weighted by atomic mass is 31.2. The summed E-state index contributed by atoms with van der Waals surface area (Å²) < 4.78 is 50.7. The van der Waals surface area contributed by atoms with Gasteiger partial charge in [-0.25, -0.2) is 18.7 Å². The minimum atomic E-state index is -3.25. The van der Waals surface area contributed by atoms with Gasteiger partial charge in [-0.2, -0.15) is 0 Å². The molecule has 6 heteroatoms. The Labute approximate surface area is 322 Å². The fourth-order valence-electron chi connectivity index (χ4n) is 8.00. The zero-order valence-corrected chi connectivity index (χ0v) is 30.8. The minimum absolute atomic E-state index is 0.116. The summed E-state index contributed by atoms with van der Waals surface area (Å²) in [7, 11) is -3.25. The molecule has 2 aromatic heterocycles. The van der Waals surface area contributed by atoms with E-state index in [1.165, 1.54) is 0 Å². The number of rotatable bonds is 6. The van der Waals surface area contributed by atoms with Crippen LogP contribution in [0.2, 0.25) is 0 Å². The molecule has 0 amide bonds. The Morgan fingerprint density at radius 2 is 0.786 bits per heavy atom. The fraction of sp³-hybridized carbons (Fsp3) is 0. The first-order valence-corrected chi connectivity index (χ1v) is 20.1. The first kappa shape index (κ1) is 33.7. The van der Waals surface area contributed by atoms with Crippen LogP contribution in [0.5, 0.6) is 0 Å². The first-order valence-electron chi connectivity index (χ1n) is 18.4. The Morgan fingerprint density at radius 3 is 1.36 bits per heavy atom. The number of hydrogen-bond donors (Lipinski definition) is 0. The smallest absolute Gasteiger partial charge is 0.171 e. The average molecular weight is 745 g/mol. The van der Waals surface area contributed by atoms with E-state index in [2.05, 4.69) is 0 Å². The molecule has 0 fully saturated rings. The van der Waals surface area contributed by atoms with Crippen molar-refractivity contribution in [3.05, 3.63) is 200 Å². The lowest BCUT2D eigenvalue weighted by Crippen LogP contribution is -2.25. The summed E-state index contributed by atoms with van der Waals surface area (Å²) in [5.74, 6) is -1.10. The van der Waals surface area contributed by atoms with Crippen molar-refractivity contribution in [3.8, 4) is 33.6 Å². The molecular weight excluding hydrogens is 714 g/mol. The molecule has 0 saturated carbocycles. The van der Waals surface area contributed by atoms with Crippen molar-refractivity contribution >= 4 is 66.4 Å². The van der Waals surface area contributed by atoms with Gasteiger partial charge in [-0.1, -0.05) is 170 Å². The molecule has 0 spiro atoms. The average Bonchev–Trinajstić information content (AvgIpc) is 3.27. The molecule has 10 aromatic rings. The van der Waals surface area contributed by atoms with Gasteiger partial charge in [0.2, 0.25) is 0 Å². The van der Waals surface area contributed by atoms with Gasteiger partial charge in [-0.15, -0.1) is 0 Å². The number of aromatic nitrogens is 2. The Bertz CT molecular complexity index is 3130. The van der Waals surface area contributed by atoms with Crippen molar-refractivity contribution in [1.82, 2.24) is 9.97 Å². The van der Waals surface area contributed by atoms with Crippen molar-refractivity contribution in [2.75, 3.05) is 0 Å². The third kappa shape index (κ3) is 5.35. The second-order valence-electron chi connectivity index (χ2n) is 13.9. The Morgan fingerprint density at radius 1 is 0.357 bits per heavy atom. The Hall–Kier alpha value is -6.81. The maximum Gasteiger partial charge on any atom is 0.171 e. The molecule has 8 aromatic carbocycles. The van der Waals surface area contributed by atoms with Crippen LogP contribution < -0.4 is 15.9 Å². The molecule has 56 heavy (non-hydrogen) atoms. The maximum atomic E-state index is 17.8. The van der Waals surface area contributed by atoms with Gasteiger partial charge in [-0.05, 0) is 29.3 Å². The van der Waals surface area contributed by atoms with Gasteiger partial charge in [0.25, 0.3) is 0 Å². The highest BCUT2D eigenvalue weighted by Crippen LogP contribution is 2.46. The highest BCUT2D eigenvalue weighted by Gasteiger charge is 2.30. The molecule has 0 radical (unpaired) electrons. The second-order valence-corrected chi connectivity index (χ2v) is 16.6. The van der Waals surface area contributed by atoms with Gasteiger partial charge in [0, 0.05) is 59.4 Å². The van der Waals surface area contributed by atoms with E-state index >= 15 is 13.3 Å². The molecule has 0 bridgehead atoms. The molecule has 0 saturated heterocycles. The molecule has 10 rings (SSSR count). The standard InChI is InChI=1S/C50H31F2N2OP/c51-47-43-39-26-13-14-27-41(39)53-49(32-16-5-1-6-17-32)45(43)48(52)44-40-29-28-35(31-42(40)54-50(46(44)47)33-18-7-2-8-19-33)34-20-15-25-38(30-34)56(55,36-21-9-3-10-22-36)37-23-11-4-12-24-37/h1-31H. The minimum Gasteiger partial charge on any atom is -0.309 e. The lowest BCUT2D eigenvalue weighted by atomic mass is 9.91. The van der Waals surface area contributed by atoms with Gasteiger partial charge >= 0.3 is 0 Å². The van der Waals surface area contributed by atoms with Crippen LogP contribution in [-0.2, 0) is 4.57 Å². The molecule has 0 N–H and O–H groups in total. The number of hydrogen-bond acceptors (Lipinski definition) is 3. The van der Waals surface area contributed by atoms with Crippen molar-refractivity contribution < 1.29 is 13.3 Å². The van der Waals surface area contributed by atoms with Crippen molar-refractivity contribution in [1.29, 1.82) is 0 Å². The van der Waals surface area contributed by atoms with Gasteiger partial charge in [0.1, 0.15) is 11.6 Å². The van der Waals surface area contributed by atoms with Crippen LogP contribution in [0.3, 0.4) is 0 Å². The normalized spacial score (nSPS) is 11.8. The van der Waals surface area contributed by atoms with E-state index in [1.807, 2.05) is 182 Å². The summed E-state index contributed by atoms with van der Waals surface area (Å²) in [6.07, 6.45) is 0. The van der Waals surface area contributed by atoms with Crippen LogP contribution in [-0.4, -0.2) is 9.97 Å². The lowest BCUT2D eigenvalue weighted by Gasteiger charge is -2.21. The van der Waals surface area contributed by atoms with Crippen LogP contribution in [0.4, 0.5) is 8.78 Å². The van der Waals surface area contributed by atoms with Gasteiger partial charge in [0.05, 0.1) is 22.4 Å². The predicted octanol–water partition coefficient (Wildman–Crippen LogP) is 12.0. The number of nitrogens with zero attached hydrogens (tertiary/aromatic N) is 2. The number of para-hydroxylation sites is 1. The zero-order valence-electron chi connectivity index (χ0n) is 29.9. The lowest BCUT2D eigenvalue weighted by molar-refractivity contribution is 0.592. The van der Waals surface area contributed by atoms with Gasteiger partial charge < -0.3 is 4.57 Å². The zero-order chi connectivity index (χ0) is 37.8. The predicted molar refractivity (Wildman–Crippen MR) is 228 cm³/mol. The summed E-state index contributed by atoms with van der Waals surface area (Å²) >= 11 is 0. The SMILES string of the molecule is O=P(c1ccccc1)(c1ccccc1)c1cccc(-c2ccc3c(c2)nc(-c2ccccc2)c2c(F)c4c(c(-c5ccccc5)nc5ccccc54)c(F)c23)c1. The molecule has 0 atom stereocenters. The Kier molecular flexibility index (Phi) is 8.13. The monoisotopic (exact) mass is 744 g/mol. The summed E-state index contributed by atoms with van der Waals surface area (Å²) in [4.78, 5) is 10.0. The number of fused-ring (bicyclic) bond motifs is 6. The second kappa shape index (κ2) is 13.5. The van der Waals surface area contributed by atoms with E-state index in [-0.39, 0.29) is 21.5 Å². The molecule has 0 aliphatic carbocycles. The molecule has 0 aliphatic heterocycles. The third-order valence-electron chi connectivity index (χ3n) is 10.6. The van der Waals surface area contributed by atoms with Crippen molar-refractivity contribution in [3.63, 3.8) is 0 Å². The van der Waals surface area contributed by atoms with E-state index in [4.69, 9.17) is 9.97 Å². The number of pyridine rings is 2. The van der Waals surface area contributed by atoms with Crippen LogP contribution in [0.1, 0.15) is 0 Å². The van der Waals surface area contributed by atoms with Crippen LogP contribution in [0.15, 0.2) is 188 Å². The summed E-state index contributed by atoms with van der Waals surface area (Å²) in [5.41, 5.74) is 4.77. The van der Waals surface area contributed by atoms with Crippen LogP contribution in [0.25, 0.3) is 77.0 Å². The third-order valence-corrected chi connectivity index (χ3v) is 13.7. The summed E-state index contributed by atoms with van der Waals surface area (Å²) in [5, 5.41) is 3.73. The van der Waals surface area contributed by atoms with E-state index < -0.39 is 18.8 Å². The Balaban J connectivity index is 1.26. The van der Waals surface area contributed by atoms with Gasteiger partial charge in [0.15, 0.2) is 7.14 Å². The molecule has 266 valence electrons. The topological polar surface area (TPSA) is 42.9 Å². The number of halogens is 2. The van der Waals surface area contributed by atoms with Crippen molar-refractivity contribution in [2.45, 2.75) is 0 Å². The van der Waals surface area contributed by atoms with E-state index in [1.54, 1.807) is 6.07 Å². The van der Waals surface area contributed by atoms with E-state index in [9.17, 15) is 0 Å². The molecule has 0 aliphatic rings. The molecular formula is C50H31F2N2OP. The quantitative estimate of drug-likeness (QED) is 0.0967. The molecule has 0 unspecified atom stereocenters. The van der Waals surface area contributed by atoms with E-state index in [0.717, 1.165) is 21.7 Å². The maximum absolute atomic E-state index is 17.8. The number of benzene rings is 8. The summed E-state index contributed by atoms with van der Waals surface area (Å²) in [6, 6.07) is 58.5.